The second-order valence-electron chi connectivity index (χ2n) is 4.70. The zero-order valence-corrected chi connectivity index (χ0v) is 11.8. The smallest absolute Gasteiger partial charge is 0.371 e. The molecule has 1 heterocycles. The van der Waals surface area contributed by atoms with Crippen molar-refractivity contribution in [2.45, 2.75) is 19.3 Å². The first-order chi connectivity index (χ1) is 10.0. The van der Waals surface area contributed by atoms with E-state index < -0.39 is 11.9 Å². The van der Waals surface area contributed by atoms with E-state index in [9.17, 15) is 10.1 Å². The standard InChI is InChI=1S/C16H15NO4/c1-10-3-5-14(20-2)13(7-10)11(9-17)8-12-4-6-15(21-12)16(18)19/h3-7,11H,8H2,1-2H3,(H,18,19). The molecule has 5 heteroatoms. The molecule has 5 nitrogen and oxygen atoms in total. The molecule has 0 fully saturated rings. The summed E-state index contributed by atoms with van der Waals surface area (Å²) in [7, 11) is 1.55. The zero-order valence-electron chi connectivity index (χ0n) is 11.8. The number of nitrogens with zero attached hydrogens (tertiary/aromatic N) is 1. The molecule has 0 spiro atoms. The van der Waals surface area contributed by atoms with Crippen LogP contribution in [0.2, 0.25) is 0 Å². The third-order valence-electron chi connectivity index (χ3n) is 3.19. The molecule has 0 aliphatic rings. The summed E-state index contributed by atoms with van der Waals surface area (Å²) in [6.07, 6.45) is 0.295. The lowest BCUT2D eigenvalue weighted by Crippen LogP contribution is -2.03. The molecule has 1 N–H and O–H groups in total. The van der Waals surface area contributed by atoms with Gasteiger partial charge in [0.2, 0.25) is 5.76 Å². The van der Waals surface area contributed by atoms with Crippen molar-refractivity contribution in [3.8, 4) is 11.8 Å². The average molecular weight is 285 g/mol. The predicted octanol–water partition coefficient (Wildman–Crippen LogP) is 3.14. The fourth-order valence-electron chi connectivity index (χ4n) is 2.15. The maximum Gasteiger partial charge on any atom is 0.371 e. The molecule has 1 unspecified atom stereocenters. The van der Waals surface area contributed by atoms with Gasteiger partial charge in [0.05, 0.1) is 19.1 Å². The summed E-state index contributed by atoms with van der Waals surface area (Å²) in [6, 6.07) is 10.8. The van der Waals surface area contributed by atoms with E-state index in [0.29, 0.717) is 17.9 Å². The van der Waals surface area contributed by atoms with Crippen LogP contribution in [0.25, 0.3) is 0 Å². The molecule has 1 atom stereocenters. The molecule has 0 radical (unpaired) electrons. The van der Waals surface area contributed by atoms with Crippen LogP contribution in [0.3, 0.4) is 0 Å². The summed E-state index contributed by atoms with van der Waals surface area (Å²) in [6.45, 7) is 1.94. The van der Waals surface area contributed by atoms with Gasteiger partial charge in [-0.3, -0.25) is 0 Å². The van der Waals surface area contributed by atoms with Gasteiger partial charge in [-0.25, -0.2) is 4.79 Å². The molecular formula is C16H15NO4. The minimum atomic E-state index is -1.12. The quantitative estimate of drug-likeness (QED) is 0.912. The highest BCUT2D eigenvalue weighted by Crippen LogP contribution is 2.30. The van der Waals surface area contributed by atoms with Crippen molar-refractivity contribution >= 4 is 5.97 Å². The van der Waals surface area contributed by atoms with Gasteiger partial charge in [0.25, 0.3) is 0 Å². The minimum Gasteiger partial charge on any atom is -0.496 e. The van der Waals surface area contributed by atoms with E-state index in [4.69, 9.17) is 14.3 Å². The Balaban J connectivity index is 2.29. The van der Waals surface area contributed by atoms with Crippen LogP contribution >= 0.6 is 0 Å². The Hall–Kier alpha value is -2.74. The third kappa shape index (κ3) is 3.23. The number of rotatable bonds is 5. The van der Waals surface area contributed by atoms with Gasteiger partial charge < -0.3 is 14.3 Å². The molecule has 0 bridgehead atoms. The highest BCUT2D eigenvalue weighted by atomic mass is 16.5. The van der Waals surface area contributed by atoms with E-state index in [1.54, 1.807) is 13.2 Å². The number of ether oxygens (including phenoxy) is 1. The number of benzene rings is 1. The minimum absolute atomic E-state index is 0.127. The van der Waals surface area contributed by atoms with Crippen molar-refractivity contribution in [2.75, 3.05) is 7.11 Å². The van der Waals surface area contributed by atoms with Crippen molar-refractivity contribution in [1.29, 1.82) is 5.26 Å². The van der Waals surface area contributed by atoms with Crippen LogP contribution < -0.4 is 4.74 Å². The Labute approximate surface area is 122 Å². The number of nitriles is 1. The van der Waals surface area contributed by atoms with Gasteiger partial charge in [-0.1, -0.05) is 17.7 Å². The molecule has 0 aliphatic heterocycles. The van der Waals surface area contributed by atoms with E-state index >= 15 is 0 Å². The number of carbonyl (C=O) groups is 1. The summed E-state index contributed by atoms with van der Waals surface area (Å²) in [5.41, 5.74) is 1.80. The van der Waals surface area contributed by atoms with E-state index in [0.717, 1.165) is 11.1 Å². The monoisotopic (exact) mass is 285 g/mol. The second kappa shape index (κ2) is 6.14. The molecule has 1 aromatic heterocycles. The van der Waals surface area contributed by atoms with Crippen molar-refractivity contribution < 1.29 is 19.1 Å². The lowest BCUT2D eigenvalue weighted by molar-refractivity contribution is 0.0660. The van der Waals surface area contributed by atoms with Crippen LogP contribution in [0.1, 0.15) is 33.4 Å². The molecule has 0 saturated carbocycles. The number of carboxylic acid groups (broad SMARTS) is 1. The van der Waals surface area contributed by atoms with Crippen LogP contribution in [0.15, 0.2) is 34.7 Å². The van der Waals surface area contributed by atoms with Gasteiger partial charge in [-0.2, -0.15) is 5.26 Å². The first-order valence-corrected chi connectivity index (χ1v) is 6.41. The molecule has 21 heavy (non-hydrogen) atoms. The maximum atomic E-state index is 10.8. The van der Waals surface area contributed by atoms with E-state index in [1.165, 1.54) is 6.07 Å². The number of methoxy groups -OCH3 is 1. The number of carboxylic acids is 1. The molecule has 0 saturated heterocycles. The van der Waals surface area contributed by atoms with E-state index in [-0.39, 0.29) is 5.76 Å². The molecule has 1 aromatic carbocycles. The molecular weight excluding hydrogens is 270 g/mol. The SMILES string of the molecule is COc1ccc(C)cc1C(C#N)Cc1ccc(C(=O)O)o1. The van der Waals surface area contributed by atoms with Gasteiger partial charge >= 0.3 is 5.97 Å². The van der Waals surface area contributed by atoms with Crippen LogP contribution in [0.5, 0.6) is 5.75 Å². The summed E-state index contributed by atoms with van der Waals surface area (Å²) >= 11 is 0. The van der Waals surface area contributed by atoms with Gasteiger partial charge in [-0.05, 0) is 25.1 Å². The highest BCUT2D eigenvalue weighted by Gasteiger charge is 2.19. The first-order valence-electron chi connectivity index (χ1n) is 6.41. The third-order valence-corrected chi connectivity index (χ3v) is 3.19. The fourth-order valence-corrected chi connectivity index (χ4v) is 2.15. The predicted molar refractivity (Wildman–Crippen MR) is 75.5 cm³/mol. The Kier molecular flexibility index (Phi) is 4.29. The summed E-state index contributed by atoms with van der Waals surface area (Å²) in [5, 5.41) is 18.3. The summed E-state index contributed by atoms with van der Waals surface area (Å²) in [4.78, 5) is 10.8. The first kappa shape index (κ1) is 14.7. The molecule has 2 rings (SSSR count). The Bertz CT molecular complexity index is 697. The Morgan fingerprint density at radius 2 is 2.19 bits per heavy atom. The molecule has 108 valence electrons. The van der Waals surface area contributed by atoms with Crippen molar-refractivity contribution in [3.05, 3.63) is 53.0 Å². The van der Waals surface area contributed by atoms with Gasteiger partial charge in [0.15, 0.2) is 0 Å². The number of hydrogen-bond acceptors (Lipinski definition) is 4. The lowest BCUT2D eigenvalue weighted by Gasteiger charge is -2.13. The zero-order chi connectivity index (χ0) is 15.4. The van der Waals surface area contributed by atoms with Gasteiger partial charge in [0, 0.05) is 12.0 Å². The van der Waals surface area contributed by atoms with Crippen LogP contribution in [0, 0.1) is 18.3 Å². The van der Waals surface area contributed by atoms with Crippen LogP contribution in [-0.4, -0.2) is 18.2 Å². The largest absolute Gasteiger partial charge is 0.496 e. The second-order valence-corrected chi connectivity index (χ2v) is 4.70. The summed E-state index contributed by atoms with van der Waals surface area (Å²) in [5.74, 6) is -0.617. The van der Waals surface area contributed by atoms with Gasteiger partial charge in [-0.15, -0.1) is 0 Å². The number of aromatic carboxylic acids is 1. The van der Waals surface area contributed by atoms with Crippen molar-refractivity contribution in [3.63, 3.8) is 0 Å². The lowest BCUT2D eigenvalue weighted by atomic mass is 9.94. The Morgan fingerprint density at radius 1 is 1.43 bits per heavy atom. The fraction of sp³-hybridized carbons (Fsp3) is 0.250. The van der Waals surface area contributed by atoms with E-state index in [1.807, 2.05) is 25.1 Å². The topological polar surface area (TPSA) is 83.5 Å². The number of hydrogen-bond donors (Lipinski definition) is 1. The summed E-state index contributed by atoms with van der Waals surface area (Å²) < 4.78 is 10.5. The number of aryl methyl sites for hydroxylation is 1. The normalized spacial score (nSPS) is 11.7. The number of furan rings is 1. The maximum absolute atomic E-state index is 10.8. The van der Waals surface area contributed by atoms with Crippen LogP contribution in [0.4, 0.5) is 0 Å². The highest BCUT2D eigenvalue weighted by molar-refractivity contribution is 5.84. The molecule has 0 amide bonds. The van der Waals surface area contributed by atoms with Crippen molar-refractivity contribution in [2.24, 2.45) is 0 Å². The van der Waals surface area contributed by atoms with Crippen molar-refractivity contribution in [1.82, 2.24) is 0 Å². The van der Waals surface area contributed by atoms with E-state index in [2.05, 4.69) is 6.07 Å². The molecule has 0 aliphatic carbocycles. The van der Waals surface area contributed by atoms with Gasteiger partial charge in [0.1, 0.15) is 11.5 Å². The Morgan fingerprint density at radius 3 is 2.76 bits per heavy atom. The molecule has 2 aromatic rings. The van der Waals surface area contributed by atoms with Crippen LogP contribution in [-0.2, 0) is 6.42 Å². The average Bonchev–Trinajstić information content (AvgIpc) is 2.93.